The van der Waals surface area contributed by atoms with Crippen LogP contribution >= 0.6 is 22.7 Å². The molecule has 4 heteroatoms. The van der Waals surface area contributed by atoms with Crippen LogP contribution in [0.1, 0.15) is 49.5 Å². The van der Waals surface area contributed by atoms with Crippen molar-refractivity contribution < 1.29 is 0 Å². The summed E-state index contributed by atoms with van der Waals surface area (Å²) in [5.74, 6) is 1.03. The molecule has 0 bridgehead atoms. The largest absolute Gasteiger partial charge is 0.228 e. The number of rotatable bonds is 2. The summed E-state index contributed by atoms with van der Waals surface area (Å²) in [5.41, 5.74) is 0. The Morgan fingerprint density at radius 2 is 1.14 bits per heavy atom. The van der Waals surface area contributed by atoms with Crippen molar-refractivity contribution in [2.45, 2.75) is 39.5 Å². The third kappa shape index (κ3) is 1.68. The number of nitrogens with zero attached hydrogens (tertiary/aromatic N) is 2. The molecule has 2 rings (SSSR count). The average molecular weight is 226 g/mol. The second-order valence-electron chi connectivity index (χ2n) is 4.02. The Hall–Kier alpha value is -0.480. The van der Waals surface area contributed by atoms with Crippen molar-refractivity contribution in [1.82, 2.24) is 9.97 Å². The van der Waals surface area contributed by atoms with E-state index in [4.69, 9.17) is 0 Å². The van der Waals surface area contributed by atoms with E-state index in [0.29, 0.717) is 11.8 Å². The Kier molecular flexibility index (Phi) is 2.58. The van der Waals surface area contributed by atoms with Gasteiger partial charge in [-0.2, -0.15) is 0 Å². The lowest BCUT2D eigenvalue weighted by Gasteiger charge is -1.97. The Bertz CT molecular complexity index is 371. The van der Waals surface area contributed by atoms with Crippen LogP contribution in [-0.2, 0) is 0 Å². The van der Waals surface area contributed by atoms with E-state index in [1.807, 2.05) is 0 Å². The predicted octanol–water partition coefficient (Wildman–Crippen LogP) is 4.00. The highest BCUT2D eigenvalue weighted by Gasteiger charge is 2.13. The molecule has 0 amide bonds. The van der Waals surface area contributed by atoms with E-state index in [9.17, 15) is 0 Å². The smallest absolute Gasteiger partial charge is 0.155 e. The van der Waals surface area contributed by atoms with E-state index in [1.165, 1.54) is 10.0 Å². The van der Waals surface area contributed by atoms with Crippen LogP contribution < -0.4 is 0 Å². The van der Waals surface area contributed by atoms with Gasteiger partial charge in [-0.05, 0) is 0 Å². The Balaban J connectivity index is 2.45. The van der Waals surface area contributed by atoms with Gasteiger partial charge in [-0.3, -0.25) is 0 Å². The number of hydrogen-bond acceptors (Lipinski definition) is 4. The molecule has 0 aliphatic rings. The summed E-state index contributed by atoms with van der Waals surface area (Å²) >= 11 is 3.46. The Morgan fingerprint density at radius 3 is 1.43 bits per heavy atom. The van der Waals surface area contributed by atoms with E-state index in [2.05, 4.69) is 37.7 Å². The van der Waals surface area contributed by atoms with Crippen molar-refractivity contribution in [3.8, 4) is 0 Å². The van der Waals surface area contributed by atoms with Crippen LogP contribution in [0.15, 0.2) is 0 Å². The maximum atomic E-state index is 4.59. The van der Waals surface area contributed by atoms with Crippen LogP contribution in [0.4, 0.5) is 0 Å². The van der Waals surface area contributed by atoms with Gasteiger partial charge in [0.1, 0.15) is 0 Å². The molecule has 2 heterocycles. The van der Waals surface area contributed by atoms with Crippen molar-refractivity contribution in [2.24, 2.45) is 0 Å². The molecule has 0 spiro atoms. The molecule has 2 aromatic heterocycles. The molecule has 76 valence electrons. The van der Waals surface area contributed by atoms with Crippen LogP contribution in [0.2, 0.25) is 0 Å². The zero-order valence-corrected chi connectivity index (χ0v) is 10.5. The fraction of sp³-hybridized carbons (Fsp3) is 0.600. The van der Waals surface area contributed by atoms with Crippen molar-refractivity contribution >= 4 is 32.3 Å². The van der Waals surface area contributed by atoms with Gasteiger partial charge in [-0.1, -0.05) is 50.4 Å². The lowest BCUT2D eigenvalue weighted by atomic mass is 10.2. The summed E-state index contributed by atoms with van der Waals surface area (Å²) in [5, 5.41) is 2.41. The van der Waals surface area contributed by atoms with E-state index < -0.39 is 0 Å². The molecule has 0 N–H and O–H groups in total. The van der Waals surface area contributed by atoms with Crippen LogP contribution in [0.25, 0.3) is 9.66 Å². The van der Waals surface area contributed by atoms with E-state index in [0.717, 1.165) is 9.66 Å². The first-order chi connectivity index (χ1) is 6.58. The van der Waals surface area contributed by atoms with Gasteiger partial charge in [0.05, 0.1) is 10.0 Å². The average Bonchev–Trinajstić information content (AvgIpc) is 2.57. The summed E-state index contributed by atoms with van der Waals surface area (Å²) in [7, 11) is 0. The molecule has 0 atom stereocenters. The lowest BCUT2D eigenvalue weighted by Crippen LogP contribution is -1.84. The zero-order valence-electron chi connectivity index (χ0n) is 8.87. The second kappa shape index (κ2) is 3.59. The number of hydrogen-bond donors (Lipinski definition) is 0. The maximum Gasteiger partial charge on any atom is 0.155 e. The highest BCUT2D eigenvalue weighted by molar-refractivity contribution is 7.26. The molecule has 2 aromatic rings. The molecule has 0 radical (unpaired) electrons. The first kappa shape index (κ1) is 10.1. The summed E-state index contributed by atoms with van der Waals surface area (Å²) in [6.07, 6.45) is 0. The summed E-state index contributed by atoms with van der Waals surface area (Å²) in [6.45, 7) is 8.69. The van der Waals surface area contributed by atoms with Gasteiger partial charge >= 0.3 is 0 Å². The molecule has 0 unspecified atom stereocenters. The normalized spacial score (nSPS) is 12.1. The van der Waals surface area contributed by atoms with E-state index in [1.54, 1.807) is 22.7 Å². The molecule has 14 heavy (non-hydrogen) atoms. The van der Waals surface area contributed by atoms with Gasteiger partial charge in [-0.15, -0.1) is 0 Å². The fourth-order valence-corrected chi connectivity index (χ4v) is 3.23. The van der Waals surface area contributed by atoms with Gasteiger partial charge in [0, 0.05) is 11.8 Å². The molecule has 0 fully saturated rings. The molecule has 2 nitrogen and oxygen atoms in total. The van der Waals surface area contributed by atoms with Crippen LogP contribution in [0, 0.1) is 0 Å². The van der Waals surface area contributed by atoms with Gasteiger partial charge in [-0.25, -0.2) is 9.97 Å². The fourth-order valence-electron chi connectivity index (χ4n) is 1.17. The van der Waals surface area contributed by atoms with Crippen molar-refractivity contribution in [3.63, 3.8) is 0 Å². The third-order valence-corrected chi connectivity index (χ3v) is 4.63. The first-order valence-corrected chi connectivity index (χ1v) is 6.48. The predicted molar refractivity (Wildman–Crippen MR) is 63.5 cm³/mol. The van der Waals surface area contributed by atoms with Gasteiger partial charge in [0.2, 0.25) is 0 Å². The molecule has 0 saturated heterocycles. The number of thiazole rings is 2. The Labute approximate surface area is 92.0 Å². The molecular formula is C10H14N2S2. The zero-order chi connectivity index (χ0) is 10.3. The summed E-state index contributed by atoms with van der Waals surface area (Å²) < 4.78 is 0. The highest BCUT2D eigenvalue weighted by Crippen LogP contribution is 2.32. The van der Waals surface area contributed by atoms with Crippen molar-refractivity contribution in [2.75, 3.05) is 0 Å². The lowest BCUT2D eigenvalue weighted by molar-refractivity contribution is 0.856. The monoisotopic (exact) mass is 226 g/mol. The van der Waals surface area contributed by atoms with Gasteiger partial charge in [0.15, 0.2) is 9.66 Å². The molecular weight excluding hydrogens is 212 g/mol. The molecule has 0 aliphatic heterocycles. The summed E-state index contributed by atoms with van der Waals surface area (Å²) in [6, 6.07) is 0. The van der Waals surface area contributed by atoms with Gasteiger partial charge < -0.3 is 0 Å². The van der Waals surface area contributed by atoms with Crippen molar-refractivity contribution in [1.29, 1.82) is 0 Å². The first-order valence-electron chi connectivity index (χ1n) is 4.85. The Morgan fingerprint density at radius 1 is 0.786 bits per heavy atom. The SMILES string of the molecule is CC(C)c1nc2sc(C(C)C)nc2s1. The number of fused-ring (bicyclic) bond motifs is 1. The van der Waals surface area contributed by atoms with Gasteiger partial charge in [0.25, 0.3) is 0 Å². The minimum atomic E-state index is 0.517. The molecule has 0 saturated carbocycles. The quantitative estimate of drug-likeness (QED) is 0.773. The highest BCUT2D eigenvalue weighted by atomic mass is 32.1. The molecule has 0 aromatic carbocycles. The van der Waals surface area contributed by atoms with Crippen LogP contribution in [-0.4, -0.2) is 9.97 Å². The topological polar surface area (TPSA) is 25.8 Å². The van der Waals surface area contributed by atoms with Crippen LogP contribution in [0.3, 0.4) is 0 Å². The number of aromatic nitrogens is 2. The van der Waals surface area contributed by atoms with E-state index in [-0.39, 0.29) is 0 Å². The second-order valence-corrected chi connectivity index (χ2v) is 6.04. The van der Waals surface area contributed by atoms with Crippen molar-refractivity contribution in [3.05, 3.63) is 10.0 Å². The minimum absolute atomic E-state index is 0.517. The minimum Gasteiger partial charge on any atom is -0.228 e. The molecule has 0 aliphatic carbocycles. The maximum absolute atomic E-state index is 4.59. The van der Waals surface area contributed by atoms with E-state index >= 15 is 0 Å². The third-order valence-electron chi connectivity index (χ3n) is 2.00. The van der Waals surface area contributed by atoms with Crippen LogP contribution in [0.5, 0.6) is 0 Å². The summed E-state index contributed by atoms with van der Waals surface area (Å²) in [4.78, 5) is 11.4. The standard InChI is InChI=1S/C10H14N2S2/c1-5(2)7-11-9-10(13-7)12-8(14-9)6(3)4/h5-6H,1-4H3.